The molecule has 0 amide bonds. The predicted octanol–water partition coefficient (Wildman–Crippen LogP) is 6.08. The Kier molecular flexibility index (Phi) is 7.29. The van der Waals surface area contributed by atoms with Crippen molar-refractivity contribution in [1.29, 1.82) is 0 Å². The van der Waals surface area contributed by atoms with Crippen molar-refractivity contribution in [2.45, 2.75) is 77.7 Å². The molecule has 1 aliphatic rings. The van der Waals surface area contributed by atoms with Gasteiger partial charge < -0.3 is 4.74 Å². The summed E-state index contributed by atoms with van der Waals surface area (Å²) < 4.78 is 5.47. The maximum absolute atomic E-state index is 5.47. The van der Waals surface area contributed by atoms with Crippen LogP contribution in [-0.2, 0) is 11.3 Å². The van der Waals surface area contributed by atoms with Crippen LogP contribution in [-0.4, -0.2) is 6.61 Å². The average Bonchev–Trinajstić information content (AvgIpc) is 2.54. The van der Waals surface area contributed by atoms with E-state index in [1.807, 2.05) is 6.92 Å². The summed E-state index contributed by atoms with van der Waals surface area (Å²) in [6.45, 7) is 5.89. The third-order valence-electron chi connectivity index (χ3n) is 4.99. The number of ether oxygens (including phenoxy) is 1. The molecule has 118 valence electrons. The highest BCUT2D eigenvalue weighted by molar-refractivity contribution is 5.25. The van der Waals surface area contributed by atoms with Crippen molar-refractivity contribution in [3.8, 4) is 0 Å². The first-order valence-electron chi connectivity index (χ1n) is 9.00. The van der Waals surface area contributed by atoms with Gasteiger partial charge in [0.1, 0.15) is 0 Å². The molecule has 21 heavy (non-hydrogen) atoms. The molecule has 0 aromatic heterocycles. The Bertz CT molecular complexity index is 373. The van der Waals surface area contributed by atoms with E-state index >= 15 is 0 Å². The second-order valence-corrected chi connectivity index (χ2v) is 6.59. The molecule has 0 spiro atoms. The van der Waals surface area contributed by atoms with Crippen molar-refractivity contribution in [3.05, 3.63) is 35.4 Å². The molecule has 0 bridgehead atoms. The summed E-state index contributed by atoms with van der Waals surface area (Å²) in [5, 5.41) is 0. The van der Waals surface area contributed by atoms with E-state index in [9.17, 15) is 0 Å². The lowest BCUT2D eigenvalue weighted by Crippen LogP contribution is -2.13. The molecule has 0 atom stereocenters. The SMILES string of the molecule is CCCCC[C@H]1CC[C@H](c2ccc(COCC)cc2)CC1. The minimum atomic E-state index is 0.751. The molecular formula is C20H32O. The lowest BCUT2D eigenvalue weighted by molar-refractivity contribution is 0.134. The van der Waals surface area contributed by atoms with Crippen LogP contribution in [0.2, 0.25) is 0 Å². The highest BCUT2D eigenvalue weighted by atomic mass is 16.5. The Labute approximate surface area is 131 Å². The Morgan fingerprint density at radius 2 is 1.67 bits per heavy atom. The molecule has 1 aromatic carbocycles. The van der Waals surface area contributed by atoms with Gasteiger partial charge >= 0.3 is 0 Å². The van der Waals surface area contributed by atoms with Gasteiger partial charge in [0.2, 0.25) is 0 Å². The monoisotopic (exact) mass is 288 g/mol. The van der Waals surface area contributed by atoms with Crippen molar-refractivity contribution in [2.24, 2.45) is 5.92 Å². The Balaban J connectivity index is 1.76. The first-order valence-corrected chi connectivity index (χ1v) is 9.00. The summed E-state index contributed by atoms with van der Waals surface area (Å²) in [6.07, 6.45) is 11.3. The maximum Gasteiger partial charge on any atom is 0.0716 e. The second-order valence-electron chi connectivity index (χ2n) is 6.59. The highest BCUT2D eigenvalue weighted by Gasteiger charge is 2.21. The zero-order valence-electron chi connectivity index (χ0n) is 13.9. The van der Waals surface area contributed by atoms with Crippen LogP contribution in [0.3, 0.4) is 0 Å². The number of hydrogen-bond acceptors (Lipinski definition) is 1. The highest BCUT2D eigenvalue weighted by Crippen LogP contribution is 2.37. The number of rotatable bonds is 8. The molecule has 0 saturated heterocycles. The van der Waals surface area contributed by atoms with Crippen molar-refractivity contribution < 1.29 is 4.74 Å². The molecule has 0 aliphatic heterocycles. The third-order valence-corrected chi connectivity index (χ3v) is 4.99. The Morgan fingerprint density at radius 3 is 2.29 bits per heavy atom. The van der Waals surface area contributed by atoms with Gasteiger partial charge in [-0.05, 0) is 55.6 Å². The molecule has 0 unspecified atom stereocenters. The van der Waals surface area contributed by atoms with Crippen LogP contribution >= 0.6 is 0 Å². The molecule has 1 aromatic rings. The number of benzene rings is 1. The van der Waals surface area contributed by atoms with Gasteiger partial charge in [-0.3, -0.25) is 0 Å². The van der Waals surface area contributed by atoms with E-state index in [-0.39, 0.29) is 0 Å². The van der Waals surface area contributed by atoms with E-state index in [2.05, 4.69) is 31.2 Å². The summed E-state index contributed by atoms with van der Waals surface area (Å²) in [6, 6.07) is 9.16. The van der Waals surface area contributed by atoms with Gasteiger partial charge in [0.05, 0.1) is 6.61 Å². The van der Waals surface area contributed by atoms with Crippen LogP contribution in [0, 0.1) is 5.92 Å². The zero-order chi connectivity index (χ0) is 14.9. The van der Waals surface area contributed by atoms with Crippen LogP contribution in [0.4, 0.5) is 0 Å². The average molecular weight is 288 g/mol. The van der Waals surface area contributed by atoms with Crippen molar-refractivity contribution in [1.82, 2.24) is 0 Å². The van der Waals surface area contributed by atoms with Crippen molar-refractivity contribution >= 4 is 0 Å². The number of unbranched alkanes of at least 4 members (excludes halogenated alkanes) is 2. The first-order chi connectivity index (χ1) is 10.3. The van der Waals surface area contributed by atoms with E-state index < -0.39 is 0 Å². The van der Waals surface area contributed by atoms with Gasteiger partial charge in [0, 0.05) is 6.61 Å². The molecule has 0 radical (unpaired) electrons. The van der Waals surface area contributed by atoms with Crippen LogP contribution in [0.1, 0.15) is 82.3 Å². The lowest BCUT2D eigenvalue weighted by Gasteiger charge is -2.29. The maximum atomic E-state index is 5.47. The first kappa shape index (κ1) is 16.5. The fourth-order valence-electron chi connectivity index (χ4n) is 3.57. The Morgan fingerprint density at radius 1 is 0.952 bits per heavy atom. The van der Waals surface area contributed by atoms with Crippen LogP contribution < -0.4 is 0 Å². The standard InChI is InChI=1S/C20H32O/c1-3-5-6-7-17-8-12-19(13-9-17)20-14-10-18(11-15-20)16-21-4-2/h10-11,14-15,17,19H,3-9,12-13,16H2,1-2H3/t17-,19-. The van der Waals surface area contributed by atoms with Crippen LogP contribution in [0.15, 0.2) is 24.3 Å². The van der Waals surface area contributed by atoms with Crippen molar-refractivity contribution in [2.75, 3.05) is 6.61 Å². The van der Waals surface area contributed by atoms with E-state index in [0.717, 1.165) is 25.0 Å². The minimum Gasteiger partial charge on any atom is -0.377 e. The van der Waals surface area contributed by atoms with Gasteiger partial charge in [-0.25, -0.2) is 0 Å². The third kappa shape index (κ3) is 5.47. The Hall–Kier alpha value is -0.820. The molecule has 1 heteroatoms. The van der Waals surface area contributed by atoms with Gasteiger partial charge in [-0.2, -0.15) is 0 Å². The molecule has 0 N–H and O–H groups in total. The van der Waals surface area contributed by atoms with E-state index in [0.29, 0.717) is 0 Å². The normalized spacial score (nSPS) is 22.4. The smallest absolute Gasteiger partial charge is 0.0716 e. The summed E-state index contributed by atoms with van der Waals surface area (Å²) in [4.78, 5) is 0. The fraction of sp³-hybridized carbons (Fsp3) is 0.700. The topological polar surface area (TPSA) is 9.23 Å². The fourth-order valence-corrected chi connectivity index (χ4v) is 3.57. The summed E-state index contributed by atoms with van der Waals surface area (Å²) in [5.41, 5.74) is 2.84. The zero-order valence-corrected chi connectivity index (χ0v) is 13.9. The van der Waals surface area contributed by atoms with Crippen LogP contribution in [0.25, 0.3) is 0 Å². The van der Waals surface area contributed by atoms with E-state index in [4.69, 9.17) is 4.74 Å². The van der Waals surface area contributed by atoms with Crippen LogP contribution in [0.5, 0.6) is 0 Å². The lowest BCUT2D eigenvalue weighted by atomic mass is 9.77. The molecule has 1 nitrogen and oxygen atoms in total. The van der Waals surface area contributed by atoms with Gasteiger partial charge in [0.25, 0.3) is 0 Å². The molecule has 1 fully saturated rings. The minimum absolute atomic E-state index is 0.751. The van der Waals surface area contributed by atoms with Gasteiger partial charge in [0.15, 0.2) is 0 Å². The van der Waals surface area contributed by atoms with Crippen molar-refractivity contribution in [3.63, 3.8) is 0 Å². The summed E-state index contributed by atoms with van der Waals surface area (Å²) in [5.74, 6) is 1.80. The van der Waals surface area contributed by atoms with Gasteiger partial charge in [-0.1, -0.05) is 56.9 Å². The molecule has 0 heterocycles. The van der Waals surface area contributed by atoms with Gasteiger partial charge in [-0.15, -0.1) is 0 Å². The van der Waals surface area contributed by atoms with E-state index in [1.54, 1.807) is 5.56 Å². The van der Waals surface area contributed by atoms with E-state index in [1.165, 1.54) is 56.9 Å². The number of hydrogen-bond donors (Lipinski definition) is 0. The molecule has 1 aliphatic carbocycles. The molecular weight excluding hydrogens is 256 g/mol. The largest absolute Gasteiger partial charge is 0.377 e. The quantitative estimate of drug-likeness (QED) is 0.527. The molecule has 1 saturated carbocycles. The predicted molar refractivity (Wildman–Crippen MR) is 90.6 cm³/mol. The summed E-state index contributed by atoms with van der Waals surface area (Å²) in [7, 11) is 0. The second kappa shape index (κ2) is 9.25. The molecule has 2 rings (SSSR count). The summed E-state index contributed by atoms with van der Waals surface area (Å²) >= 11 is 0.